The zero-order chi connectivity index (χ0) is 25.2. The number of aliphatic hydroxyl groups is 2. The van der Waals surface area contributed by atoms with E-state index in [1.807, 2.05) is 0 Å². The third-order valence-corrected chi connectivity index (χ3v) is 5.13. The maximum Gasteiger partial charge on any atom is 0.130 e. The Morgan fingerprint density at radius 3 is 1.65 bits per heavy atom. The van der Waals surface area contributed by atoms with Crippen molar-refractivity contribution in [2.24, 2.45) is 11.5 Å². The number of hydrogen-bond donors (Lipinski definition) is 10. The Morgan fingerprint density at radius 1 is 0.618 bits per heavy atom. The summed E-state index contributed by atoms with van der Waals surface area (Å²) in [6.07, 6.45) is 1.01. The maximum absolute atomic E-state index is 9.86. The fraction of sp³-hybridized carbons (Fsp3) is 0.0833. The van der Waals surface area contributed by atoms with E-state index in [9.17, 15) is 30.6 Å². The quantitative estimate of drug-likeness (QED) is 0.151. The van der Waals surface area contributed by atoms with E-state index in [2.05, 4.69) is 0 Å². The molecule has 3 aromatic rings. The van der Waals surface area contributed by atoms with Gasteiger partial charge in [0.25, 0.3) is 0 Å². The summed E-state index contributed by atoms with van der Waals surface area (Å²) < 4.78 is 0. The standard InChI is InChI=1S/C12H14N2O4.C12H12N2O2/c13-12(14)5-10(17)8(4-11(12)18)7-3-6(15)1-2-9(7)16;13-7-1-3-9(11(15)5-7)10-4-2-8(14)6-12(10)16/h1-4,15-18H,5,13-14H2;1-6,15-16H,13-14H2. The van der Waals surface area contributed by atoms with Crippen LogP contribution in [0.4, 0.5) is 11.4 Å². The Bertz CT molecular complexity index is 1250. The van der Waals surface area contributed by atoms with Crippen molar-refractivity contribution in [3.8, 4) is 34.1 Å². The number of hydrogen-bond acceptors (Lipinski definition) is 10. The minimum atomic E-state index is -1.53. The fourth-order valence-corrected chi connectivity index (χ4v) is 3.34. The van der Waals surface area contributed by atoms with Crippen LogP contribution in [-0.4, -0.2) is 36.3 Å². The number of rotatable bonds is 2. The van der Waals surface area contributed by atoms with Crippen molar-refractivity contribution in [2.45, 2.75) is 12.1 Å². The van der Waals surface area contributed by atoms with Crippen LogP contribution >= 0.6 is 0 Å². The van der Waals surface area contributed by atoms with Crippen molar-refractivity contribution in [3.63, 3.8) is 0 Å². The third-order valence-electron chi connectivity index (χ3n) is 5.13. The molecule has 14 N–H and O–H groups in total. The lowest BCUT2D eigenvalue weighted by Gasteiger charge is -2.28. The Balaban J connectivity index is 0.000000192. The van der Waals surface area contributed by atoms with Crippen LogP contribution in [0.15, 0.2) is 72.2 Å². The Morgan fingerprint density at radius 2 is 1.15 bits per heavy atom. The average molecular weight is 466 g/mol. The second kappa shape index (κ2) is 9.14. The van der Waals surface area contributed by atoms with E-state index in [-0.39, 0.29) is 52.1 Å². The lowest BCUT2D eigenvalue weighted by Crippen LogP contribution is -2.52. The van der Waals surface area contributed by atoms with E-state index in [0.717, 1.165) is 0 Å². The summed E-state index contributed by atoms with van der Waals surface area (Å²) in [6.45, 7) is 0. The van der Waals surface area contributed by atoms with Crippen LogP contribution in [0.2, 0.25) is 0 Å². The van der Waals surface area contributed by atoms with Crippen molar-refractivity contribution < 1.29 is 30.6 Å². The summed E-state index contributed by atoms with van der Waals surface area (Å²) in [5.41, 5.74) is 23.0. The van der Waals surface area contributed by atoms with Crippen LogP contribution in [-0.2, 0) is 0 Å². The zero-order valence-electron chi connectivity index (χ0n) is 18.0. The van der Waals surface area contributed by atoms with Gasteiger partial charge in [0.2, 0.25) is 0 Å². The lowest BCUT2D eigenvalue weighted by atomic mass is 9.90. The predicted octanol–water partition coefficient (Wildman–Crippen LogP) is 2.76. The van der Waals surface area contributed by atoms with E-state index >= 15 is 0 Å². The molecule has 1 aliphatic rings. The third kappa shape index (κ3) is 5.09. The van der Waals surface area contributed by atoms with Crippen LogP contribution in [0.25, 0.3) is 16.7 Å². The molecule has 10 nitrogen and oxygen atoms in total. The van der Waals surface area contributed by atoms with Crippen LogP contribution < -0.4 is 22.9 Å². The van der Waals surface area contributed by atoms with Crippen LogP contribution in [0.1, 0.15) is 12.0 Å². The SMILES string of the molecule is NC1(N)CC(O)=C(c2cc(O)ccc2O)C=C1O.Nc1ccc(-c2ccc(N)cc2O)c(O)c1. The molecule has 0 fully saturated rings. The van der Waals surface area contributed by atoms with Crippen molar-refractivity contribution in [3.05, 3.63) is 77.8 Å². The molecule has 1 aliphatic carbocycles. The van der Waals surface area contributed by atoms with E-state index in [4.69, 9.17) is 22.9 Å². The van der Waals surface area contributed by atoms with Crippen molar-refractivity contribution in [1.29, 1.82) is 0 Å². The fourth-order valence-electron chi connectivity index (χ4n) is 3.34. The summed E-state index contributed by atoms with van der Waals surface area (Å²) in [5.74, 6) is -0.634. The maximum atomic E-state index is 9.86. The molecule has 0 amide bonds. The number of aromatic hydroxyl groups is 4. The molecule has 0 aromatic heterocycles. The van der Waals surface area contributed by atoms with Gasteiger partial charge in [-0.3, -0.25) is 0 Å². The van der Waals surface area contributed by atoms with Gasteiger partial charge < -0.3 is 53.6 Å². The topological polar surface area (TPSA) is 225 Å². The molecule has 0 aliphatic heterocycles. The highest BCUT2D eigenvalue weighted by Crippen LogP contribution is 2.38. The van der Waals surface area contributed by atoms with Gasteiger partial charge in [-0.1, -0.05) is 0 Å². The smallest absolute Gasteiger partial charge is 0.130 e. The summed E-state index contributed by atoms with van der Waals surface area (Å²) in [6, 6.07) is 13.3. The van der Waals surface area contributed by atoms with Gasteiger partial charge in [-0.15, -0.1) is 0 Å². The highest BCUT2D eigenvalue weighted by Gasteiger charge is 2.32. The zero-order valence-corrected chi connectivity index (χ0v) is 18.0. The summed E-state index contributed by atoms with van der Waals surface area (Å²) >= 11 is 0. The first-order valence-electron chi connectivity index (χ1n) is 9.99. The van der Waals surface area contributed by atoms with E-state index < -0.39 is 5.66 Å². The Kier molecular flexibility index (Phi) is 6.48. The number of phenols is 4. The van der Waals surface area contributed by atoms with E-state index in [0.29, 0.717) is 22.5 Å². The minimum absolute atomic E-state index is 0.0278. The van der Waals surface area contributed by atoms with Gasteiger partial charge in [0.05, 0.1) is 0 Å². The molecule has 3 aromatic carbocycles. The molecule has 0 spiro atoms. The number of aliphatic hydroxyl groups excluding tert-OH is 2. The monoisotopic (exact) mass is 466 g/mol. The number of nitrogens with two attached hydrogens (primary N) is 4. The van der Waals surface area contributed by atoms with Gasteiger partial charge in [-0.05, 0) is 48.5 Å². The number of nitrogen functional groups attached to an aromatic ring is 2. The number of phenolic OH excluding ortho intramolecular Hbond substituents is 4. The largest absolute Gasteiger partial charge is 0.512 e. The first-order chi connectivity index (χ1) is 15.9. The van der Waals surface area contributed by atoms with E-state index in [1.54, 1.807) is 24.3 Å². The number of anilines is 2. The van der Waals surface area contributed by atoms with E-state index in [1.165, 1.54) is 36.4 Å². The van der Waals surface area contributed by atoms with Crippen molar-refractivity contribution in [1.82, 2.24) is 0 Å². The van der Waals surface area contributed by atoms with Crippen molar-refractivity contribution in [2.75, 3.05) is 11.5 Å². The molecule has 34 heavy (non-hydrogen) atoms. The average Bonchev–Trinajstić information content (AvgIpc) is 2.74. The summed E-state index contributed by atoms with van der Waals surface area (Å²) in [7, 11) is 0. The van der Waals surface area contributed by atoms with Gasteiger partial charge in [0, 0.05) is 52.2 Å². The molecule has 0 saturated heterocycles. The molecule has 0 heterocycles. The van der Waals surface area contributed by atoms with Crippen LogP contribution in [0.3, 0.4) is 0 Å². The molecule has 0 bridgehead atoms. The second-order valence-corrected chi connectivity index (χ2v) is 7.86. The van der Waals surface area contributed by atoms with Crippen LogP contribution in [0.5, 0.6) is 23.0 Å². The van der Waals surface area contributed by atoms with Gasteiger partial charge in [0.1, 0.15) is 40.2 Å². The second-order valence-electron chi connectivity index (χ2n) is 7.86. The molecular weight excluding hydrogens is 440 g/mol. The molecule has 0 saturated carbocycles. The first-order valence-corrected chi connectivity index (χ1v) is 9.99. The molecule has 178 valence electrons. The van der Waals surface area contributed by atoms with Crippen LogP contribution in [0, 0.1) is 0 Å². The normalized spacial score (nSPS) is 14.7. The molecule has 10 heteroatoms. The number of benzene rings is 3. The summed E-state index contributed by atoms with van der Waals surface area (Å²) in [5, 5.41) is 58.0. The Hall–Kier alpha value is -4.54. The molecule has 0 atom stereocenters. The number of allylic oxidation sites excluding steroid dienone is 2. The van der Waals surface area contributed by atoms with Gasteiger partial charge in [-0.2, -0.15) is 0 Å². The first kappa shape index (κ1) is 24.1. The minimum Gasteiger partial charge on any atom is -0.512 e. The highest BCUT2D eigenvalue weighted by atomic mass is 16.3. The van der Waals surface area contributed by atoms with Gasteiger partial charge in [0.15, 0.2) is 0 Å². The molecular formula is C24H26N4O6. The highest BCUT2D eigenvalue weighted by molar-refractivity contribution is 5.81. The predicted molar refractivity (Wildman–Crippen MR) is 130 cm³/mol. The molecule has 0 radical (unpaired) electrons. The van der Waals surface area contributed by atoms with Gasteiger partial charge in [-0.25, -0.2) is 0 Å². The van der Waals surface area contributed by atoms with Gasteiger partial charge >= 0.3 is 0 Å². The summed E-state index contributed by atoms with van der Waals surface area (Å²) in [4.78, 5) is 0. The molecule has 0 unspecified atom stereocenters. The molecule has 4 rings (SSSR count). The lowest BCUT2D eigenvalue weighted by molar-refractivity contribution is 0.261. The van der Waals surface area contributed by atoms with Crippen molar-refractivity contribution >= 4 is 16.9 Å². The Labute approximate surface area is 194 Å².